The van der Waals surface area contributed by atoms with Crippen LogP contribution in [0.25, 0.3) is 0 Å². The fourth-order valence-electron chi connectivity index (χ4n) is 0.925. The van der Waals surface area contributed by atoms with Crippen molar-refractivity contribution in [3.05, 3.63) is 15.5 Å². The molecule has 0 aliphatic carbocycles. The Morgan fingerprint density at radius 3 is 2.71 bits per heavy atom. The molecule has 1 heterocycles. The van der Waals surface area contributed by atoms with Gasteiger partial charge in [-0.2, -0.15) is 0 Å². The summed E-state index contributed by atoms with van der Waals surface area (Å²) < 4.78 is 0.565. The number of likely N-dealkylation sites (N-methyl/N-ethyl adjacent to an activating group) is 1. The van der Waals surface area contributed by atoms with Crippen LogP contribution in [0.2, 0.25) is 4.47 Å². The summed E-state index contributed by atoms with van der Waals surface area (Å²) in [5, 5.41) is 9.17. The molecule has 0 aromatic carbocycles. The summed E-state index contributed by atoms with van der Waals surface area (Å²) >= 11 is 7.21. The first-order valence-corrected chi connectivity index (χ1v) is 5.57. The van der Waals surface area contributed by atoms with Crippen LogP contribution in [0.3, 0.4) is 0 Å². The van der Waals surface area contributed by atoms with Crippen LogP contribution in [0.5, 0.6) is 0 Å². The molecule has 14 heavy (non-hydrogen) atoms. The van der Waals surface area contributed by atoms with Gasteiger partial charge in [-0.15, -0.1) is 11.3 Å². The molecule has 0 aliphatic heterocycles. The van der Waals surface area contributed by atoms with Gasteiger partial charge in [0, 0.05) is 23.2 Å². The topological polar surface area (TPSA) is 36.4 Å². The second kappa shape index (κ2) is 4.57. The molecule has 0 saturated carbocycles. The van der Waals surface area contributed by atoms with Crippen molar-refractivity contribution < 1.29 is 5.11 Å². The van der Waals surface area contributed by atoms with Gasteiger partial charge in [0.25, 0.3) is 0 Å². The van der Waals surface area contributed by atoms with Gasteiger partial charge in [-0.25, -0.2) is 4.98 Å². The van der Waals surface area contributed by atoms with E-state index in [0.717, 1.165) is 11.4 Å². The lowest BCUT2D eigenvalue weighted by Crippen LogP contribution is -2.43. The largest absolute Gasteiger partial charge is 0.394 e. The molecular weight excluding hydrogens is 220 g/mol. The third-order valence-electron chi connectivity index (χ3n) is 2.34. The van der Waals surface area contributed by atoms with E-state index in [1.807, 2.05) is 20.9 Å². The molecule has 0 bridgehead atoms. The third kappa shape index (κ3) is 2.92. The number of nitrogens with zero attached hydrogens (tertiary/aromatic N) is 2. The molecule has 0 saturated heterocycles. The molecule has 1 rings (SSSR count). The SMILES string of the molecule is CN(Cc1cnc(Cl)s1)C(C)(C)CO. The Hall–Kier alpha value is -0.160. The van der Waals surface area contributed by atoms with E-state index in [4.69, 9.17) is 16.7 Å². The van der Waals surface area contributed by atoms with Crippen LogP contribution in [-0.4, -0.2) is 34.2 Å². The van der Waals surface area contributed by atoms with Gasteiger partial charge in [0.2, 0.25) is 0 Å². The van der Waals surface area contributed by atoms with Crippen LogP contribution in [0.4, 0.5) is 0 Å². The maximum atomic E-state index is 9.17. The summed E-state index contributed by atoms with van der Waals surface area (Å²) in [7, 11) is 1.98. The van der Waals surface area contributed by atoms with Gasteiger partial charge in [0.05, 0.1) is 6.61 Å². The van der Waals surface area contributed by atoms with Crippen LogP contribution >= 0.6 is 22.9 Å². The standard InChI is InChI=1S/C9H15ClN2OS/c1-9(2,6-13)12(3)5-7-4-11-8(10)14-7/h4,13H,5-6H2,1-3H3. The minimum Gasteiger partial charge on any atom is -0.394 e. The van der Waals surface area contributed by atoms with E-state index in [-0.39, 0.29) is 12.1 Å². The Labute approximate surface area is 93.3 Å². The van der Waals surface area contributed by atoms with E-state index in [2.05, 4.69) is 9.88 Å². The lowest BCUT2D eigenvalue weighted by molar-refractivity contribution is 0.0741. The molecule has 1 N–H and O–H groups in total. The van der Waals surface area contributed by atoms with Gasteiger partial charge >= 0.3 is 0 Å². The zero-order valence-corrected chi connectivity index (χ0v) is 10.2. The average molecular weight is 235 g/mol. The molecular formula is C9H15ClN2OS. The molecule has 0 unspecified atom stereocenters. The molecule has 0 atom stereocenters. The van der Waals surface area contributed by atoms with E-state index in [9.17, 15) is 0 Å². The van der Waals surface area contributed by atoms with Gasteiger partial charge < -0.3 is 5.11 Å². The Kier molecular flexibility index (Phi) is 3.89. The molecule has 1 aromatic heterocycles. The Morgan fingerprint density at radius 1 is 1.64 bits per heavy atom. The van der Waals surface area contributed by atoms with Crippen molar-refractivity contribution in [1.29, 1.82) is 0 Å². The number of hydrogen-bond acceptors (Lipinski definition) is 4. The first-order chi connectivity index (χ1) is 6.45. The van der Waals surface area contributed by atoms with Crippen LogP contribution in [-0.2, 0) is 6.54 Å². The number of aliphatic hydroxyl groups excluding tert-OH is 1. The summed E-state index contributed by atoms with van der Waals surface area (Å²) in [4.78, 5) is 7.16. The van der Waals surface area contributed by atoms with Gasteiger partial charge in [0.1, 0.15) is 0 Å². The van der Waals surface area contributed by atoms with E-state index >= 15 is 0 Å². The van der Waals surface area contributed by atoms with Gasteiger partial charge in [-0.05, 0) is 20.9 Å². The van der Waals surface area contributed by atoms with Crippen molar-refractivity contribution in [2.45, 2.75) is 25.9 Å². The zero-order chi connectivity index (χ0) is 10.8. The Morgan fingerprint density at radius 2 is 2.29 bits per heavy atom. The second-order valence-electron chi connectivity index (χ2n) is 3.91. The molecule has 80 valence electrons. The quantitative estimate of drug-likeness (QED) is 0.866. The molecule has 0 aliphatic rings. The maximum Gasteiger partial charge on any atom is 0.183 e. The van der Waals surface area contributed by atoms with E-state index in [1.165, 1.54) is 11.3 Å². The minimum absolute atomic E-state index is 0.135. The number of aromatic nitrogens is 1. The van der Waals surface area contributed by atoms with Crippen molar-refractivity contribution in [3.63, 3.8) is 0 Å². The molecule has 3 nitrogen and oxygen atoms in total. The molecule has 0 amide bonds. The normalized spacial score (nSPS) is 12.4. The lowest BCUT2D eigenvalue weighted by Gasteiger charge is -2.33. The molecule has 5 heteroatoms. The fraction of sp³-hybridized carbons (Fsp3) is 0.667. The van der Waals surface area contributed by atoms with Crippen LogP contribution in [0.15, 0.2) is 6.20 Å². The highest BCUT2D eigenvalue weighted by molar-refractivity contribution is 7.15. The first-order valence-electron chi connectivity index (χ1n) is 4.38. The first kappa shape index (κ1) is 11.9. The van der Waals surface area contributed by atoms with Crippen molar-refractivity contribution in [3.8, 4) is 0 Å². The summed E-state index contributed by atoms with van der Waals surface area (Å²) in [5.74, 6) is 0. The van der Waals surface area contributed by atoms with E-state index in [0.29, 0.717) is 4.47 Å². The summed E-state index contributed by atoms with van der Waals surface area (Å²) in [6.45, 7) is 4.89. The highest BCUT2D eigenvalue weighted by atomic mass is 35.5. The highest BCUT2D eigenvalue weighted by Crippen LogP contribution is 2.21. The molecule has 0 radical (unpaired) electrons. The van der Waals surface area contributed by atoms with Crippen molar-refractivity contribution in [2.75, 3.05) is 13.7 Å². The Bertz CT molecular complexity index is 301. The monoisotopic (exact) mass is 234 g/mol. The Balaban J connectivity index is 2.61. The number of aliphatic hydroxyl groups is 1. The highest BCUT2D eigenvalue weighted by Gasteiger charge is 2.22. The molecule has 0 fully saturated rings. The van der Waals surface area contributed by atoms with Gasteiger partial charge in [0.15, 0.2) is 4.47 Å². The summed E-state index contributed by atoms with van der Waals surface area (Å²) in [5.41, 5.74) is -0.212. The van der Waals surface area contributed by atoms with Crippen LogP contribution in [0, 0.1) is 0 Å². The van der Waals surface area contributed by atoms with E-state index in [1.54, 1.807) is 6.20 Å². The number of rotatable bonds is 4. The average Bonchev–Trinajstić information content (AvgIpc) is 2.51. The summed E-state index contributed by atoms with van der Waals surface area (Å²) in [6, 6.07) is 0. The van der Waals surface area contributed by atoms with Crippen molar-refractivity contribution in [2.24, 2.45) is 0 Å². The smallest absolute Gasteiger partial charge is 0.183 e. The van der Waals surface area contributed by atoms with Crippen LogP contribution in [0.1, 0.15) is 18.7 Å². The maximum absolute atomic E-state index is 9.17. The van der Waals surface area contributed by atoms with Gasteiger partial charge in [-0.3, -0.25) is 4.90 Å². The lowest BCUT2D eigenvalue weighted by atomic mass is 10.1. The fourth-order valence-corrected chi connectivity index (χ4v) is 1.96. The van der Waals surface area contributed by atoms with Crippen molar-refractivity contribution >= 4 is 22.9 Å². The number of hydrogen-bond donors (Lipinski definition) is 1. The predicted molar refractivity (Wildman–Crippen MR) is 59.8 cm³/mol. The molecule has 1 aromatic rings. The van der Waals surface area contributed by atoms with Crippen LogP contribution < -0.4 is 0 Å². The number of halogens is 1. The summed E-state index contributed by atoms with van der Waals surface area (Å²) in [6.07, 6.45) is 1.77. The van der Waals surface area contributed by atoms with E-state index < -0.39 is 0 Å². The second-order valence-corrected chi connectivity index (χ2v) is 5.60. The predicted octanol–water partition coefficient (Wildman–Crippen LogP) is 2.00. The third-order valence-corrected chi connectivity index (χ3v) is 3.44. The molecule has 0 spiro atoms. The number of thiazole rings is 1. The minimum atomic E-state index is -0.212. The van der Waals surface area contributed by atoms with Gasteiger partial charge in [-0.1, -0.05) is 11.6 Å². The van der Waals surface area contributed by atoms with Crippen molar-refractivity contribution in [1.82, 2.24) is 9.88 Å². The zero-order valence-electron chi connectivity index (χ0n) is 8.62.